The number of sulfonamides is 1. The predicted molar refractivity (Wildman–Crippen MR) is 146 cm³/mol. The van der Waals surface area contributed by atoms with Crippen molar-refractivity contribution in [3.8, 4) is 0 Å². The van der Waals surface area contributed by atoms with Gasteiger partial charge < -0.3 is 10.2 Å². The Kier molecular flexibility index (Phi) is 9.28. The lowest BCUT2D eigenvalue weighted by Crippen LogP contribution is -2.53. The van der Waals surface area contributed by atoms with E-state index in [0.29, 0.717) is 5.69 Å². The Labute approximate surface area is 221 Å². The van der Waals surface area contributed by atoms with E-state index in [1.165, 1.54) is 11.9 Å². The maximum absolute atomic E-state index is 13.9. The van der Waals surface area contributed by atoms with Gasteiger partial charge in [0.2, 0.25) is 21.8 Å². The molecule has 0 aliphatic rings. The third kappa shape index (κ3) is 7.18. The molecule has 190 valence electrons. The molecule has 0 aliphatic heterocycles. The van der Waals surface area contributed by atoms with Crippen molar-refractivity contribution in [3.05, 3.63) is 100 Å². The van der Waals surface area contributed by atoms with Gasteiger partial charge >= 0.3 is 0 Å². The number of benzene rings is 3. The fourth-order valence-corrected chi connectivity index (χ4v) is 5.34. The van der Waals surface area contributed by atoms with Crippen LogP contribution >= 0.6 is 15.9 Å². The largest absolute Gasteiger partial charge is 0.357 e. The van der Waals surface area contributed by atoms with Crippen molar-refractivity contribution < 1.29 is 18.0 Å². The van der Waals surface area contributed by atoms with Crippen LogP contribution in [-0.2, 0) is 32.6 Å². The topological polar surface area (TPSA) is 86.8 Å². The molecule has 0 spiro atoms. The zero-order valence-electron chi connectivity index (χ0n) is 20.5. The molecule has 0 saturated carbocycles. The third-order valence-corrected chi connectivity index (χ3v) is 7.44. The minimum Gasteiger partial charge on any atom is -0.357 e. The fourth-order valence-electron chi connectivity index (χ4n) is 3.99. The number of hydrogen-bond acceptors (Lipinski definition) is 4. The standard InChI is InChI=1S/C27H30BrN3O4S/c1-20-10-7-8-15-24(20)31(36(3,34)35)19-26(32)30(18-22-13-9-14-23(28)16-22)25(27(33)29-2)17-21-11-5-4-6-12-21/h4-16,25H,17-19H2,1-3H3,(H,29,33)/t25-/m1/s1. The molecule has 2 amide bonds. The summed E-state index contributed by atoms with van der Waals surface area (Å²) in [5, 5.41) is 2.67. The van der Waals surface area contributed by atoms with Crippen molar-refractivity contribution in [1.29, 1.82) is 0 Å². The number of carbonyl (C=O) groups excluding carboxylic acids is 2. The summed E-state index contributed by atoms with van der Waals surface area (Å²) >= 11 is 3.46. The predicted octanol–water partition coefficient (Wildman–Crippen LogP) is 3.91. The number of amides is 2. The van der Waals surface area contributed by atoms with Crippen LogP contribution < -0.4 is 9.62 Å². The van der Waals surface area contributed by atoms with Gasteiger partial charge in [-0.25, -0.2) is 8.42 Å². The molecule has 0 aromatic heterocycles. The van der Waals surface area contributed by atoms with Crippen molar-refractivity contribution in [1.82, 2.24) is 10.2 Å². The molecule has 0 fully saturated rings. The summed E-state index contributed by atoms with van der Waals surface area (Å²) in [4.78, 5) is 28.4. The highest BCUT2D eigenvalue weighted by molar-refractivity contribution is 9.10. The molecular weight excluding hydrogens is 542 g/mol. The lowest BCUT2D eigenvalue weighted by molar-refractivity contribution is -0.139. The number of hydrogen-bond donors (Lipinski definition) is 1. The van der Waals surface area contributed by atoms with Gasteiger partial charge in [-0.1, -0.05) is 76.6 Å². The van der Waals surface area contributed by atoms with Gasteiger partial charge in [0.1, 0.15) is 12.6 Å². The van der Waals surface area contributed by atoms with Crippen molar-refractivity contribution in [2.75, 3.05) is 24.2 Å². The number of nitrogens with one attached hydrogen (secondary N) is 1. The summed E-state index contributed by atoms with van der Waals surface area (Å²) in [5.74, 6) is -0.808. The Hall–Kier alpha value is -3.17. The summed E-state index contributed by atoms with van der Waals surface area (Å²) in [7, 11) is -2.26. The normalized spacial score (nSPS) is 12.0. The first kappa shape index (κ1) is 27.4. The van der Waals surface area contributed by atoms with Crippen LogP contribution in [0.5, 0.6) is 0 Å². The Morgan fingerprint density at radius 1 is 0.944 bits per heavy atom. The van der Waals surface area contributed by atoms with E-state index >= 15 is 0 Å². The van der Waals surface area contributed by atoms with Crippen LogP contribution in [-0.4, -0.2) is 51.0 Å². The van der Waals surface area contributed by atoms with Gasteiger partial charge in [0.15, 0.2) is 0 Å². The molecule has 0 heterocycles. The highest BCUT2D eigenvalue weighted by Gasteiger charge is 2.32. The fraction of sp³-hybridized carbons (Fsp3) is 0.259. The first-order valence-corrected chi connectivity index (χ1v) is 14.1. The highest BCUT2D eigenvalue weighted by Crippen LogP contribution is 2.24. The van der Waals surface area contributed by atoms with Gasteiger partial charge in [-0.2, -0.15) is 0 Å². The smallest absolute Gasteiger partial charge is 0.244 e. The molecule has 3 rings (SSSR count). The summed E-state index contributed by atoms with van der Waals surface area (Å²) < 4.78 is 27.5. The minimum absolute atomic E-state index is 0.133. The van der Waals surface area contributed by atoms with Gasteiger partial charge in [-0.3, -0.25) is 13.9 Å². The third-order valence-electron chi connectivity index (χ3n) is 5.82. The maximum atomic E-state index is 13.9. The molecule has 3 aromatic carbocycles. The van der Waals surface area contributed by atoms with Crippen LogP contribution in [0, 0.1) is 6.92 Å². The van der Waals surface area contributed by atoms with E-state index < -0.39 is 28.5 Å². The molecule has 1 atom stereocenters. The minimum atomic E-state index is -3.78. The number of para-hydroxylation sites is 1. The molecule has 0 bridgehead atoms. The van der Waals surface area contributed by atoms with E-state index in [9.17, 15) is 18.0 Å². The monoisotopic (exact) mass is 571 g/mol. The summed E-state index contributed by atoms with van der Waals surface area (Å²) in [6.45, 7) is 1.49. The van der Waals surface area contributed by atoms with Gasteiger partial charge in [0.05, 0.1) is 11.9 Å². The van der Waals surface area contributed by atoms with Gasteiger partial charge in [-0.15, -0.1) is 0 Å². The van der Waals surface area contributed by atoms with E-state index in [1.807, 2.05) is 60.7 Å². The molecule has 0 aliphatic carbocycles. The first-order chi connectivity index (χ1) is 17.1. The van der Waals surface area contributed by atoms with Crippen molar-refractivity contribution in [2.24, 2.45) is 0 Å². The van der Waals surface area contributed by atoms with Crippen LogP contribution in [0.3, 0.4) is 0 Å². The molecule has 0 saturated heterocycles. The van der Waals surface area contributed by atoms with Crippen LogP contribution in [0.2, 0.25) is 0 Å². The van der Waals surface area contributed by atoms with E-state index in [1.54, 1.807) is 25.1 Å². The van der Waals surface area contributed by atoms with E-state index in [4.69, 9.17) is 0 Å². The number of aryl methyl sites for hydroxylation is 1. The Bertz CT molecular complexity index is 1320. The molecule has 36 heavy (non-hydrogen) atoms. The van der Waals surface area contributed by atoms with Crippen LogP contribution in [0.4, 0.5) is 5.69 Å². The molecule has 1 N–H and O–H groups in total. The van der Waals surface area contributed by atoms with E-state index in [2.05, 4.69) is 21.2 Å². The number of anilines is 1. The lowest BCUT2D eigenvalue weighted by Gasteiger charge is -2.33. The Morgan fingerprint density at radius 2 is 1.58 bits per heavy atom. The van der Waals surface area contributed by atoms with Gasteiger partial charge in [0.25, 0.3) is 0 Å². The maximum Gasteiger partial charge on any atom is 0.244 e. The number of likely N-dealkylation sites (N-methyl/N-ethyl adjacent to an activating group) is 1. The molecule has 9 heteroatoms. The van der Waals surface area contributed by atoms with Crippen LogP contribution in [0.25, 0.3) is 0 Å². The molecular formula is C27H30BrN3O4S. The second kappa shape index (κ2) is 12.2. The second-order valence-electron chi connectivity index (χ2n) is 8.53. The number of nitrogens with zero attached hydrogens (tertiary/aromatic N) is 2. The molecule has 0 unspecified atom stereocenters. The van der Waals surface area contributed by atoms with Crippen molar-refractivity contribution in [2.45, 2.75) is 25.9 Å². The quantitative estimate of drug-likeness (QED) is 0.399. The average molecular weight is 573 g/mol. The van der Waals surface area contributed by atoms with E-state index in [0.717, 1.165) is 31.7 Å². The summed E-state index contributed by atoms with van der Waals surface area (Å²) in [5.41, 5.74) is 2.84. The first-order valence-electron chi connectivity index (χ1n) is 11.4. The average Bonchev–Trinajstić information content (AvgIpc) is 2.84. The highest BCUT2D eigenvalue weighted by atomic mass is 79.9. The number of rotatable bonds is 10. The van der Waals surface area contributed by atoms with Gasteiger partial charge in [-0.05, 0) is 41.8 Å². The zero-order valence-corrected chi connectivity index (χ0v) is 22.9. The van der Waals surface area contributed by atoms with Crippen molar-refractivity contribution >= 4 is 43.5 Å². The van der Waals surface area contributed by atoms with Crippen LogP contribution in [0.1, 0.15) is 16.7 Å². The second-order valence-corrected chi connectivity index (χ2v) is 11.3. The van der Waals surface area contributed by atoms with Gasteiger partial charge in [0, 0.05) is 24.5 Å². The molecule has 3 aromatic rings. The van der Waals surface area contributed by atoms with Crippen molar-refractivity contribution in [3.63, 3.8) is 0 Å². The number of carbonyl (C=O) groups is 2. The Balaban J connectivity index is 2.04. The zero-order chi connectivity index (χ0) is 26.3. The summed E-state index contributed by atoms with van der Waals surface area (Å²) in [6.07, 6.45) is 1.36. The molecule has 0 radical (unpaired) electrons. The Morgan fingerprint density at radius 3 is 2.19 bits per heavy atom. The lowest BCUT2D eigenvalue weighted by atomic mass is 10.0. The van der Waals surface area contributed by atoms with Crippen LogP contribution in [0.15, 0.2) is 83.3 Å². The van der Waals surface area contributed by atoms with E-state index in [-0.39, 0.29) is 18.9 Å². The molecule has 7 nitrogen and oxygen atoms in total. The summed E-state index contributed by atoms with van der Waals surface area (Å²) in [6, 6.07) is 23.0. The number of halogens is 1. The SMILES string of the molecule is CNC(=O)[C@@H](Cc1ccccc1)N(Cc1cccc(Br)c1)C(=O)CN(c1ccccc1C)S(C)(=O)=O.